The molecule has 0 amide bonds. The summed E-state index contributed by atoms with van der Waals surface area (Å²) in [6.45, 7) is 0. The second-order valence-electron chi connectivity index (χ2n) is 15.6. The van der Waals surface area contributed by atoms with Crippen LogP contribution in [0.2, 0.25) is 0 Å². The molecule has 10 aromatic rings. The third-order valence-corrected chi connectivity index (χ3v) is 12.1. The number of nitrogens with zero attached hydrogens (tertiary/aromatic N) is 3. The van der Waals surface area contributed by atoms with Gasteiger partial charge in [-0.15, -0.1) is 0 Å². The molecule has 0 radical (unpaired) electrons. The van der Waals surface area contributed by atoms with E-state index in [1.165, 1.54) is 44.5 Å². The van der Waals surface area contributed by atoms with Crippen molar-refractivity contribution in [2.24, 2.45) is 0 Å². The molecule has 2 aromatic heterocycles. The highest BCUT2D eigenvalue weighted by Crippen LogP contribution is 2.56. The van der Waals surface area contributed by atoms with Crippen molar-refractivity contribution in [3.05, 3.63) is 259 Å². The van der Waals surface area contributed by atoms with Gasteiger partial charge in [-0.2, -0.15) is 0 Å². The first-order valence-corrected chi connectivity index (χ1v) is 20.7. The summed E-state index contributed by atoms with van der Waals surface area (Å²) < 4.78 is 0. The second kappa shape index (κ2) is 15.3. The lowest BCUT2D eigenvalue weighted by atomic mass is 9.67. The fraction of sp³-hybridized carbons (Fsp3) is 0.0172. The Labute approximate surface area is 356 Å². The normalized spacial score (nSPS) is 12.4. The summed E-state index contributed by atoms with van der Waals surface area (Å²) in [4.78, 5) is 14.4. The minimum atomic E-state index is -0.409. The van der Waals surface area contributed by atoms with Gasteiger partial charge in [-0.3, -0.25) is 4.98 Å². The van der Waals surface area contributed by atoms with Gasteiger partial charge in [0, 0.05) is 29.1 Å². The standard InChI is InChI=1S/C58H39N3/c1-4-14-44(15-5-1)57-60-55(38-56(61-57)43-31-27-41(28-32-43)48-18-13-35-59-39-48)42-29-25-40(26-30-42)45-16-12-17-46(36-45)47-33-34-54-52(37-47)51-23-10-11-24-53(51)58(54,49-19-6-2-7-20-49)50-21-8-3-9-22-50/h1-39H. The van der Waals surface area contributed by atoms with Gasteiger partial charge in [0.2, 0.25) is 0 Å². The van der Waals surface area contributed by atoms with Crippen LogP contribution in [0.3, 0.4) is 0 Å². The maximum atomic E-state index is 5.09. The fourth-order valence-corrected chi connectivity index (χ4v) is 9.17. The zero-order valence-corrected chi connectivity index (χ0v) is 33.4. The number of fused-ring (bicyclic) bond motifs is 3. The van der Waals surface area contributed by atoms with Crippen LogP contribution in [0, 0.1) is 0 Å². The lowest BCUT2D eigenvalue weighted by molar-refractivity contribution is 0.768. The Morgan fingerprint density at radius 3 is 1.39 bits per heavy atom. The SMILES string of the molecule is c1ccc(-c2nc(-c3ccc(-c4cccnc4)cc3)cc(-c3ccc(-c4cccc(-c5ccc6c(c5)-c5ccccc5C6(c5ccccc5)c5ccccc5)c4)cc3)n2)cc1. The van der Waals surface area contributed by atoms with E-state index in [4.69, 9.17) is 9.97 Å². The Morgan fingerprint density at radius 2 is 0.770 bits per heavy atom. The Kier molecular flexibility index (Phi) is 9.05. The quantitative estimate of drug-likeness (QED) is 0.154. The molecule has 3 heteroatoms. The number of pyridine rings is 1. The fourth-order valence-electron chi connectivity index (χ4n) is 9.17. The van der Waals surface area contributed by atoms with Crippen LogP contribution in [-0.2, 0) is 5.41 Å². The zero-order valence-electron chi connectivity index (χ0n) is 33.4. The third-order valence-electron chi connectivity index (χ3n) is 12.1. The lowest BCUT2D eigenvalue weighted by Gasteiger charge is -2.33. The number of benzene rings is 8. The summed E-state index contributed by atoms with van der Waals surface area (Å²) in [7, 11) is 0. The van der Waals surface area contributed by atoms with E-state index in [0.717, 1.165) is 50.3 Å². The van der Waals surface area contributed by atoms with Gasteiger partial charge in [-0.1, -0.05) is 200 Å². The summed E-state index contributed by atoms with van der Waals surface area (Å²) in [5, 5.41) is 0. The molecule has 61 heavy (non-hydrogen) atoms. The van der Waals surface area contributed by atoms with Crippen LogP contribution in [0.5, 0.6) is 0 Å². The third kappa shape index (κ3) is 6.44. The summed E-state index contributed by atoms with van der Waals surface area (Å²) in [6, 6.07) is 80.4. The van der Waals surface area contributed by atoms with Gasteiger partial charge in [-0.05, 0) is 91.0 Å². The molecule has 0 spiro atoms. The molecule has 0 N–H and O–H groups in total. The molecule has 286 valence electrons. The molecule has 0 fully saturated rings. The molecule has 11 rings (SSSR count). The summed E-state index contributed by atoms with van der Waals surface area (Å²) in [6.07, 6.45) is 3.69. The van der Waals surface area contributed by atoms with Crippen LogP contribution in [0.25, 0.3) is 78.4 Å². The largest absolute Gasteiger partial charge is 0.264 e. The van der Waals surface area contributed by atoms with Crippen LogP contribution in [-0.4, -0.2) is 15.0 Å². The number of hydrogen-bond acceptors (Lipinski definition) is 3. The van der Waals surface area contributed by atoms with E-state index < -0.39 is 5.41 Å². The second-order valence-corrected chi connectivity index (χ2v) is 15.6. The number of rotatable bonds is 8. The topological polar surface area (TPSA) is 38.7 Å². The van der Waals surface area contributed by atoms with E-state index in [-0.39, 0.29) is 0 Å². The Morgan fingerprint density at radius 1 is 0.295 bits per heavy atom. The lowest BCUT2D eigenvalue weighted by Crippen LogP contribution is -2.28. The molecule has 0 atom stereocenters. The van der Waals surface area contributed by atoms with Crippen molar-refractivity contribution in [2.75, 3.05) is 0 Å². The van der Waals surface area contributed by atoms with Gasteiger partial charge < -0.3 is 0 Å². The monoisotopic (exact) mass is 777 g/mol. The highest BCUT2D eigenvalue weighted by Gasteiger charge is 2.45. The predicted molar refractivity (Wildman–Crippen MR) is 250 cm³/mol. The molecular weight excluding hydrogens is 739 g/mol. The van der Waals surface area contributed by atoms with Crippen molar-refractivity contribution in [3.8, 4) is 78.4 Å². The van der Waals surface area contributed by atoms with Crippen LogP contribution in [0.15, 0.2) is 237 Å². The Hall–Kier alpha value is -8.01. The summed E-state index contributed by atoms with van der Waals surface area (Å²) in [5.41, 5.74) is 19.0. The van der Waals surface area contributed by atoms with Gasteiger partial charge in [0.1, 0.15) is 0 Å². The van der Waals surface area contributed by atoms with E-state index in [0.29, 0.717) is 5.82 Å². The molecule has 0 aliphatic heterocycles. The van der Waals surface area contributed by atoms with Gasteiger partial charge in [0.05, 0.1) is 16.8 Å². The van der Waals surface area contributed by atoms with Gasteiger partial charge in [0.25, 0.3) is 0 Å². The van der Waals surface area contributed by atoms with E-state index in [1.807, 2.05) is 30.5 Å². The van der Waals surface area contributed by atoms with Crippen molar-refractivity contribution in [3.63, 3.8) is 0 Å². The Bertz CT molecular complexity index is 3100. The van der Waals surface area contributed by atoms with Crippen molar-refractivity contribution < 1.29 is 0 Å². The molecule has 0 saturated heterocycles. The van der Waals surface area contributed by atoms with Crippen LogP contribution in [0.4, 0.5) is 0 Å². The average molecular weight is 778 g/mol. The van der Waals surface area contributed by atoms with Gasteiger partial charge in [0.15, 0.2) is 5.82 Å². The van der Waals surface area contributed by atoms with Crippen LogP contribution in [0.1, 0.15) is 22.3 Å². The number of hydrogen-bond donors (Lipinski definition) is 0. The van der Waals surface area contributed by atoms with Gasteiger partial charge in [-0.25, -0.2) is 9.97 Å². The first-order chi connectivity index (χ1) is 30.2. The van der Waals surface area contributed by atoms with Crippen molar-refractivity contribution in [1.82, 2.24) is 15.0 Å². The average Bonchev–Trinajstić information content (AvgIpc) is 3.65. The molecule has 0 unspecified atom stereocenters. The van der Waals surface area contributed by atoms with Crippen LogP contribution < -0.4 is 0 Å². The molecule has 3 nitrogen and oxygen atoms in total. The van der Waals surface area contributed by atoms with Gasteiger partial charge >= 0.3 is 0 Å². The minimum Gasteiger partial charge on any atom is -0.264 e. The number of aromatic nitrogens is 3. The summed E-state index contributed by atoms with van der Waals surface area (Å²) >= 11 is 0. The van der Waals surface area contributed by atoms with E-state index in [2.05, 4.69) is 205 Å². The highest BCUT2D eigenvalue weighted by atomic mass is 14.9. The molecule has 2 heterocycles. The predicted octanol–water partition coefficient (Wildman–Crippen LogP) is 14.2. The summed E-state index contributed by atoms with van der Waals surface area (Å²) in [5.74, 6) is 0.697. The van der Waals surface area contributed by atoms with Crippen molar-refractivity contribution in [1.29, 1.82) is 0 Å². The van der Waals surface area contributed by atoms with Crippen LogP contribution >= 0.6 is 0 Å². The van der Waals surface area contributed by atoms with Crippen molar-refractivity contribution >= 4 is 0 Å². The van der Waals surface area contributed by atoms with E-state index in [1.54, 1.807) is 6.20 Å². The maximum absolute atomic E-state index is 5.09. The molecule has 8 aromatic carbocycles. The first kappa shape index (κ1) is 36.1. The molecule has 0 bridgehead atoms. The first-order valence-electron chi connectivity index (χ1n) is 20.7. The maximum Gasteiger partial charge on any atom is 0.160 e. The smallest absolute Gasteiger partial charge is 0.160 e. The molecular formula is C58H39N3. The Balaban J connectivity index is 0.942. The molecule has 0 saturated carbocycles. The van der Waals surface area contributed by atoms with Crippen molar-refractivity contribution in [2.45, 2.75) is 5.41 Å². The molecule has 1 aliphatic carbocycles. The van der Waals surface area contributed by atoms with E-state index >= 15 is 0 Å². The minimum absolute atomic E-state index is 0.409. The molecule has 1 aliphatic rings. The zero-order chi connectivity index (χ0) is 40.6. The van der Waals surface area contributed by atoms with E-state index in [9.17, 15) is 0 Å². The highest BCUT2D eigenvalue weighted by molar-refractivity contribution is 5.89.